The van der Waals surface area contributed by atoms with E-state index in [4.69, 9.17) is 5.26 Å². The summed E-state index contributed by atoms with van der Waals surface area (Å²) >= 11 is 0. The molecule has 2 heterocycles. The molecule has 1 unspecified atom stereocenters. The van der Waals surface area contributed by atoms with Crippen molar-refractivity contribution in [3.05, 3.63) is 23.4 Å². The molecule has 5 heteroatoms. The Bertz CT molecular complexity index is 536. The van der Waals surface area contributed by atoms with Gasteiger partial charge < -0.3 is 10.0 Å². The highest BCUT2D eigenvalue weighted by molar-refractivity contribution is 5.76. The van der Waals surface area contributed by atoms with E-state index in [2.05, 4.69) is 11.1 Å². The van der Waals surface area contributed by atoms with Crippen LogP contribution in [0.15, 0.2) is 12.1 Å². The van der Waals surface area contributed by atoms with Gasteiger partial charge in [0, 0.05) is 18.8 Å². The highest BCUT2D eigenvalue weighted by Gasteiger charge is 2.40. The van der Waals surface area contributed by atoms with Gasteiger partial charge in [-0.15, -0.1) is 0 Å². The number of hydrogen-bond donors (Lipinski definition) is 1. The van der Waals surface area contributed by atoms with E-state index in [1.54, 1.807) is 19.1 Å². The summed E-state index contributed by atoms with van der Waals surface area (Å²) in [6, 6.07) is 5.52. The van der Waals surface area contributed by atoms with Crippen molar-refractivity contribution in [1.82, 2.24) is 4.98 Å². The van der Waals surface area contributed by atoms with E-state index in [0.29, 0.717) is 30.9 Å². The lowest BCUT2D eigenvalue weighted by Gasteiger charge is -2.21. The van der Waals surface area contributed by atoms with Gasteiger partial charge >= 0.3 is 5.97 Å². The largest absolute Gasteiger partial charge is 0.481 e. The first-order valence-electron chi connectivity index (χ1n) is 5.82. The van der Waals surface area contributed by atoms with Crippen molar-refractivity contribution < 1.29 is 9.90 Å². The second kappa shape index (κ2) is 4.30. The summed E-state index contributed by atoms with van der Waals surface area (Å²) in [6.07, 6.45) is 0.597. The van der Waals surface area contributed by atoms with Crippen molar-refractivity contribution in [3.8, 4) is 6.07 Å². The Kier molecular flexibility index (Phi) is 2.95. The van der Waals surface area contributed by atoms with Gasteiger partial charge in [0.2, 0.25) is 0 Å². The molecular formula is C13H15N3O2. The number of nitrogens with zero attached hydrogens (tertiary/aromatic N) is 3. The molecule has 0 amide bonds. The van der Waals surface area contributed by atoms with Crippen LogP contribution in [0.3, 0.4) is 0 Å². The van der Waals surface area contributed by atoms with Gasteiger partial charge in [0.1, 0.15) is 5.82 Å². The van der Waals surface area contributed by atoms with E-state index in [1.165, 1.54) is 0 Å². The average molecular weight is 245 g/mol. The van der Waals surface area contributed by atoms with E-state index in [1.807, 2.05) is 11.8 Å². The Morgan fingerprint density at radius 3 is 2.89 bits per heavy atom. The summed E-state index contributed by atoms with van der Waals surface area (Å²) in [5.41, 5.74) is 0.604. The summed E-state index contributed by atoms with van der Waals surface area (Å²) < 4.78 is 0. The molecule has 1 atom stereocenters. The third-order valence-corrected chi connectivity index (χ3v) is 3.38. The molecule has 1 aliphatic heterocycles. The maximum atomic E-state index is 11.2. The number of aromatic nitrogens is 1. The van der Waals surface area contributed by atoms with Crippen LogP contribution in [-0.4, -0.2) is 29.1 Å². The van der Waals surface area contributed by atoms with Crippen LogP contribution < -0.4 is 4.90 Å². The molecule has 1 aromatic heterocycles. The molecule has 1 aliphatic rings. The minimum atomic E-state index is -0.779. The van der Waals surface area contributed by atoms with Gasteiger partial charge in [0.05, 0.1) is 17.0 Å². The number of aliphatic carboxylic acids is 1. The maximum absolute atomic E-state index is 11.2. The topological polar surface area (TPSA) is 77.2 Å². The normalized spacial score (nSPS) is 22.8. The number of hydrogen-bond acceptors (Lipinski definition) is 4. The van der Waals surface area contributed by atoms with E-state index in [9.17, 15) is 9.90 Å². The van der Waals surface area contributed by atoms with Crippen molar-refractivity contribution in [2.45, 2.75) is 20.3 Å². The molecule has 1 fully saturated rings. The molecule has 0 bridgehead atoms. The highest BCUT2D eigenvalue weighted by Crippen LogP contribution is 2.32. The van der Waals surface area contributed by atoms with E-state index in [0.717, 1.165) is 5.69 Å². The number of aryl methyl sites for hydroxylation is 1. The van der Waals surface area contributed by atoms with Gasteiger partial charge in [0.15, 0.2) is 0 Å². The van der Waals surface area contributed by atoms with Gasteiger partial charge in [-0.2, -0.15) is 5.26 Å². The number of carbonyl (C=O) groups is 1. The predicted molar refractivity (Wildman–Crippen MR) is 66.3 cm³/mol. The minimum absolute atomic E-state index is 0.434. The van der Waals surface area contributed by atoms with Crippen LogP contribution in [0.2, 0.25) is 0 Å². The summed E-state index contributed by atoms with van der Waals surface area (Å²) in [5, 5.41) is 18.1. The quantitative estimate of drug-likeness (QED) is 0.855. The number of anilines is 1. The van der Waals surface area contributed by atoms with Crippen LogP contribution in [0.4, 0.5) is 5.82 Å². The molecule has 0 radical (unpaired) electrons. The zero-order valence-electron chi connectivity index (χ0n) is 10.5. The van der Waals surface area contributed by atoms with Gasteiger partial charge in [-0.3, -0.25) is 4.79 Å². The predicted octanol–water partition coefficient (Wildman–Crippen LogP) is 1.56. The maximum Gasteiger partial charge on any atom is 0.311 e. The van der Waals surface area contributed by atoms with Gasteiger partial charge in [-0.05, 0) is 32.4 Å². The number of rotatable bonds is 2. The lowest BCUT2D eigenvalue weighted by molar-refractivity contribution is -0.146. The molecule has 0 saturated carbocycles. The average Bonchev–Trinajstić information content (AvgIpc) is 2.72. The van der Waals surface area contributed by atoms with Crippen molar-refractivity contribution in [2.75, 3.05) is 18.0 Å². The third-order valence-electron chi connectivity index (χ3n) is 3.38. The summed E-state index contributed by atoms with van der Waals surface area (Å²) in [5.74, 6) is -0.0883. The number of carboxylic acid groups (broad SMARTS) is 1. The van der Waals surface area contributed by atoms with Gasteiger partial charge in [-0.1, -0.05) is 0 Å². The standard InChI is InChI=1S/C13H15N3O2/c1-9-5-10(7-14)6-11(15-9)16-4-3-13(2,8-16)12(17)18/h5-6H,3-4,8H2,1-2H3,(H,17,18). The first kappa shape index (κ1) is 12.4. The lowest BCUT2D eigenvalue weighted by atomic mass is 9.90. The SMILES string of the molecule is Cc1cc(C#N)cc(N2CCC(C)(C(=O)O)C2)n1. The van der Waals surface area contributed by atoms with Crippen molar-refractivity contribution >= 4 is 11.8 Å². The second-order valence-electron chi connectivity index (χ2n) is 5.00. The molecule has 0 spiro atoms. The molecule has 0 aliphatic carbocycles. The van der Waals surface area contributed by atoms with Crippen LogP contribution in [0, 0.1) is 23.7 Å². The number of pyridine rings is 1. The Balaban J connectivity index is 2.27. The molecule has 2 rings (SSSR count). The van der Waals surface area contributed by atoms with Gasteiger partial charge in [-0.25, -0.2) is 4.98 Å². The summed E-state index contributed by atoms with van der Waals surface area (Å²) in [7, 11) is 0. The fraction of sp³-hybridized carbons (Fsp3) is 0.462. The Hall–Kier alpha value is -2.09. The van der Waals surface area contributed by atoms with Gasteiger partial charge in [0.25, 0.3) is 0 Å². The van der Waals surface area contributed by atoms with Crippen LogP contribution in [-0.2, 0) is 4.79 Å². The van der Waals surface area contributed by atoms with E-state index >= 15 is 0 Å². The lowest BCUT2D eigenvalue weighted by Crippen LogP contribution is -2.32. The van der Waals surface area contributed by atoms with Crippen molar-refractivity contribution in [1.29, 1.82) is 5.26 Å². The zero-order valence-corrected chi connectivity index (χ0v) is 10.5. The van der Waals surface area contributed by atoms with Crippen LogP contribution >= 0.6 is 0 Å². The fourth-order valence-electron chi connectivity index (χ4n) is 2.21. The molecule has 0 aromatic carbocycles. The molecule has 1 saturated heterocycles. The third kappa shape index (κ3) is 2.14. The zero-order chi connectivity index (χ0) is 13.3. The first-order valence-corrected chi connectivity index (χ1v) is 5.82. The molecule has 94 valence electrons. The Morgan fingerprint density at radius 2 is 2.33 bits per heavy atom. The highest BCUT2D eigenvalue weighted by atomic mass is 16.4. The monoisotopic (exact) mass is 245 g/mol. The van der Waals surface area contributed by atoms with Crippen molar-refractivity contribution in [2.24, 2.45) is 5.41 Å². The van der Waals surface area contributed by atoms with E-state index < -0.39 is 11.4 Å². The number of nitriles is 1. The molecule has 5 nitrogen and oxygen atoms in total. The Morgan fingerprint density at radius 1 is 1.61 bits per heavy atom. The molecule has 1 aromatic rings. The second-order valence-corrected chi connectivity index (χ2v) is 5.00. The van der Waals surface area contributed by atoms with Crippen LogP contribution in [0.5, 0.6) is 0 Å². The van der Waals surface area contributed by atoms with E-state index in [-0.39, 0.29) is 0 Å². The van der Waals surface area contributed by atoms with Crippen LogP contribution in [0.25, 0.3) is 0 Å². The summed E-state index contributed by atoms with van der Waals surface area (Å²) in [6.45, 7) is 4.67. The summed E-state index contributed by atoms with van der Waals surface area (Å²) in [4.78, 5) is 17.5. The molecular weight excluding hydrogens is 230 g/mol. The number of carboxylic acids is 1. The first-order chi connectivity index (χ1) is 8.44. The van der Waals surface area contributed by atoms with Crippen molar-refractivity contribution in [3.63, 3.8) is 0 Å². The van der Waals surface area contributed by atoms with Crippen LogP contribution in [0.1, 0.15) is 24.6 Å². The smallest absolute Gasteiger partial charge is 0.311 e. The molecule has 1 N–H and O–H groups in total. The Labute approximate surface area is 106 Å². The minimum Gasteiger partial charge on any atom is -0.481 e. The molecule has 18 heavy (non-hydrogen) atoms. The fourth-order valence-corrected chi connectivity index (χ4v) is 2.21.